The number of rotatable bonds is 3. The zero-order valence-corrected chi connectivity index (χ0v) is 13.9. The average Bonchev–Trinajstić information content (AvgIpc) is 2.72. The summed E-state index contributed by atoms with van der Waals surface area (Å²) in [6, 6.07) is 5.66. The lowest BCUT2D eigenvalue weighted by Crippen LogP contribution is -2.37. The topological polar surface area (TPSA) is 50.8 Å². The summed E-state index contributed by atoms with van der Waals surface area (Å²) in [4.78, 5) is 14.4. The predicted molar refractivity (Wildman–Crippen MR) is 87.6 cm³/mol. The fourth-order valence-electron chi connectivity index (χ4n) is 2.82. The molecule has 1 unspecified atom stereocenters. The van der Waals surface area contributed by atoms with E-state index in [2.05, 4.69) is 12.2 Å². The van der Waals surface area contributed by atoms with Crippen LogP contribution in [0.4, 0.5) is 10.5 Å². The molecule has 1 aromatic carbocycles. The maximum absolute atomic E-state index is 12.6. The molecule has 2 rings (SSSR count). The van der Waals surface area contributed by atoms with Gasteiger partial charge in [-0.2, -0.15) is 0 Å². The third-order valence-electron chi connectivity index (χ3n) is 4.51. The van der Waals surface area contributed by atoms with Gasteiger partial charge in [-0.15, -0.1) is 0 Å². The Morgan fingerprint density at radius 3 is 2.73 bits per heavy atom. The molecule has 0 radical (unpaired) electrons. The molecule has 1 fully saturated rings. The second-order valence-corrected chi connectivity index (χ2v) is 6.08. The van der Waals surface area contributed by atoms with Gasteiger partial charge in [-0.25, -0.2) is 4.79 Å². The standard InChI is InChI=1S/C17H26N2O3/c1-13-7-5-8-14(21-3)15(13)18-16(20)19-11-6-9-17(2,22-4)10-12-19/h5,7-8H,6,9-12H2,1-4H3,(H,18,20). The van der Waals surface area contributed by atoms with Gasteiger partial charge in [0.25, 0.3) is 0 Å². The van der Waals surface area contributed by atoms with E-state index in [4.69, 9.17) is 9.47 Å². The summed E-state index contributed by atoms with van der Waals surface area (Å²) < 4.78 is 10.9. The fourth-order valence-corrected chi connectivity index (χ4v) is 2.82. The molecule has 5 heteroatoms. The first-order valence-corrected chi connectivity index (χ1v) is 7.74. The van der Waals surface area contributed by atoms with E-state index < -0.39 is 0 Å². The maximum Gasteiger partial charge on any atom is 0.321 e. The lowest BCUT2D eigenvalue weighted by atomic mass is 9.97. The van der Waals surface area contributed by atoms with Crippen molar-refractivity contribution in [3.63, 3.8) is 0 Å². The number of anilines is 1. The number of aryl methyl sites for hydroxylation is 1. The number of hydrogen-bond donors (Lipinski definition) is 1. The Morgan fingerprint density at radius 2 is 2.05 bits per heavy atom. The summed E-state index contributed by atoms with van der Waals surface area (Å²) in [5.74, 6) is 0.685. The largest absolute Gasteiger partial charge is 0.495 e. The molecule has 1 aromatic rings. The average molecular weight is 306 g/mol. The Bertz CT molecular complexity index is 533. The Kier molecular flexibility index (Phi) is 5.29. The van der Waals surface area contributed by atoms with Crippen LogP contribution in [0.1, 0.15) is 31.7 Å². The van der Waals surface area contributed by atoms with Gasteiger partial charge in [0.1, 0.15) is 5.75 Å². The van der Waals surface area contributed by atoms with Gasteiger partial charge in [-0.3, -0.25) is 0 Å². The van der Waals surface area contributed by atoms with Gasteiger partial charge in [0.05, 0.1) is 18.4 Å². The molecule has 0 aromatic heterocycles. The first kappa shape index (κ1) is 16.6. The molecule has 1 saturated heterocycles. The molecule has 1 aliphatic rings. The second-order valence-electron chi connectivity index (χ2n) is 6.08. The van der Waals surface area contributed by atoms with E-state index in [9.17, 15) is 4.79 Å². The first-order valence-electron chi connectivity index (χ1n) is 7.74. The molecule has 1 atom stereocenters. The normalized spacial score (nSPS) is 22.1. The van der Waals surface area contributed by atoms with Gasteiger partial charge < -0.3 is 19.7 Å². The minimum Gasteiger partial charge on any atom is -0.495 e. The summed E-state index contributed by atoms with van der Waals surface area (Å²) in [7, 11) is 3.36. The summed E-state index contributed by atoms with van der Waals surface area (Å²) in [5, 5.41) is 2.99. The number of ether oxygens (including phenoxy) is 2. The molecule has 1 N–H and O–H groups in total. The summed E-state index contributed by atoms with van der Waals surface area (Å²) in [5.41, 5.74) is 1.60. The Hall–Kier alpha value is -1.75. The lowest BCUT2D eigenvalue weighted by Gasteiger charge is -2.26. The summed E-state index contributed by atoms with van der Waals surface area (Å²) in [6.45, 7) is 5.52. The van der Waals surface area contributed by atoms with Crippen LogP contribution in [0.25, 0.3) is 0 Å². The van der Waals surface area contributed by atoms with Crippen molar-refractivity contribution in [3.05, 3.63) is 23.8 Å². The third-order valence-corrected chi connectivity index (χ3v) is 4.51. The number of urea groups is 1. The SMILES string of the molecule is COc1cccc(C)c1NC(=O)N1CCCC(C)(OC)CC1. The van der Waals surface area contributed by atoms with Crippen molar-refractivity contribution < 1.29 is 14.3 Å². The highest BCUT2D eigenvalue weighted by Gasteiger charge is 2.29. The molecule has 0 saturated carbocycles. The molecule has 1 aliphatic heterocycles. The molecule has 5 nitrogen and oxygen atoms in total. The Labute approximate surface area is 132 Å². The number of para-hydroxylation sites is 1. The van der Waals surface area contributed by atoms with Crippen molar-refractivity contribution in [3.8, 4) is 5.75 Å². The highest BCUT2D eigenvalue weighted by atomic mass is 16.5. The third kappa shape index (κ3) is 3.71. The van der Waals surface area contributed by atoms with Crippen LogP contribution in [-0.4, -0.2) is 43.8 Å². The lowest BCUT2D eigenvalue weighted by molar-refractivity contribution is -0.00492. The number of carbonyl (C=O) groups excluding carboxylic acids is 1. The van der Waals surface area contributed by atoms with Crippen LogP contribution in [-0.2, 0) is 4.74 Å². The highest BCUT2D eigenvalue weighted by molar-refractivity contribution is 5.92. The van der Waals surface area contributed by atoms with Gasteiger partial charge in [0.15, 0.2) is 0 Å². The van der Waals surface area contributed by atoms with Crippen molar-refractivity contribution >= 4 is 11.7 Å². The number of benzene rings is 1. The van der Waals surface area contributed by atoms with Crippen LogP contribution in [0, 0.1) is 6.92 Å². The maximum atomic E-state index is 12.6. The van der Waals surface area contributed by atoms with Gasteiger partial charge in [-0.05, 0) is 44.7 Å². The second kappa shape index (κ2) is 7.01. The molecular weight excluding hydrogens is 280 g/mol. The molecule has 0 spiro atoms. The fraction of sp³-hybridized carbons (Fsp3) is 0.588. The van der Waals surface area contributed by atoms with Crippen LogP contribution in [0.3, 0.4) is 0 Å². The van der Waals surface area contributed by atoms with Crippen molar-refractivity contribution in [1.82, 2.24) is 4.90 Å². The number of nitrogens with one attached hydrogen (secondary N) is 1. The number of nitrogens with zero attached hydrogens (tertiary/aromatic N) is 1. The molecule has 2 amide bonds. The number of amides is 2. The van der Waals surface area contributed by atoms with E-state index in [0.29, 0.717) is 12.3 Å². The van der Waals surface area contributed by atoms with Crippen LogP contribution >= 0.6 is 0 Å². The molecular formula is C17H26N2O3. The van der Waals surface area contributed by atoms with Crippen molar-refractivity contribution in [1.29, 1.82) is 0 Å². The Morgan fingerprint density at radius 1 is 1.27 bits per heavy atom. The van der Waals surface area contributed by atoms with E-state index in [1.54, 1.807) is 14.2 Å². The zero-order valence-electron chi connectivity index (χ0n) is 13.9. The smallest absolute Gasteiger partial charge is 0.321 e. The number of likely N-dealkylation sites (tertiary alicyclic amines) is 1. The van der Waals surface area contributed by atoms with Crippen LogP contribution in [0.15, 0.2) is 18.2 Å². The number of hydrogen-bond acceptors (Lipinski definition) is 3. The monoisotopic (exact) mass is 306 g/mol. The first-order chi connectivity index (χ1) is 10.5. The van der Waals surface area contributed by atoms with Crippen LogP contribution in [0.2, 0.25) is 0 Å². The van der Waals surface area contributed by atoms with Crippen molar-refractivity contribution in [2.75, 3.05) is 32.6 Å². The van der Waals surface area contributed by atoms with Crippen molar-refractivity contribution in [2.45, 2.75) is 38.7 Å². The van der Waals surface area contributed by atoms with E-state index in [-0.39, 0.29) is 11.6 Å². The Balaban J connectivity index is 2.07. The van der Waals surface area contributed by atoms with E-state index in [0.717, 1.165) is 37.1 Å². The molecule has 0 aliphatic carbocycles. The quantitative estimate of drug-likeness (QED) is 0.931. The van der Waals surface area contributed by atoms with E-state index in [1.165, 1.54) is 0 Å². The van der Waals surface area contributed by atoms with Crippen molar-refractivity contribution in [2.24, 2.45) is 0 Å². The predicted octanol–water partition coefficient (Wildman–Crippen LogP) is 3.43. The van der Waals surface area contributed by atoms with Crippen LogP contribution < -0.4 is 10.1 Å². The number of methoxy groups -OCH3 is 2. The van der Waals surface area contributed by atoms with E-state index in [1.807, 2.05) is 30.0 Å². The summed E-state index contributed by atoms with van der Waals surface area (Å²) in [6.07, 6.45) is 2.77. The minimum absolute atomic E-state index is 0.0760. The molecule has 0 bridgehead atoms. The van der Waals surface area contributed by atoms with Crippen LogP contribution in [0.5, 0.6) is 5.75 Å². The minimum atomic E-state index is -0.130. The highest BCUT2D eigenvalue weighted by Crippen LogP contribution is 2.29. The van der Waals surface area contributed by atoms with Gasteiger partial charge in [0, 0.05) is 20.2 Å². The summed E-state index contributed by atoms with van der Waals surface area (Å²) >= 11 is 0. The molecule has 122 valence electrons. The van der Waals surface area contributed by atoms with E-state index >= 15 is 0 Å². The van der Waals surface area contributed by atoms with Gasteiger partial charge in [-0.1, -0.05) is 12.1 Å². The van der Waals surface area contributed by atoms with Gasteiger partial charge >= 0.3 is 6.03 Å². The van der Waals surface area contributed by atoms with Gasteiger partial charge in [0.2, 0.25) is 0 Å². The molecule has 1 heterocycles. The number of carbonyl (C=O) groups is 1. The molecule has 22 heavy (non-hydrogen) atoms. The zero-order chi connectivity index (χ0) is 16.2.